The second kappa shape index (κ2) is 3.00. The monoisotopic (exact) mass is 199 g/mol. The minimum Gasteiger partial charge on any atom is -0.281 e. The van der Waals surface area contributed by atoms with Gasteiger partial charge in [-0.15, -0.1) is 0 Å². The van der Waals surface area contributed by atoms with Gasteiger partial charge in [-0.2, -0.15) is 0 Å². The topological polar surface area (TPSA) is 3.24 Å². The van der Waals surface area contributed by atoms with Gasteiger partial charge in [-0.1, -0.05) is 29.8 Å². The fourth-order valence-electron chi connectivity index (χ4n) is 1.26. The molecule has 0 bridgehead atoms. The fraction of sp³-hybridized carbons (Fsp3) is 0.111. The molecule has 62 valence electrons. The van der Waals surface area contributed by atoms with Crippen molar-refractivity contribution >= 4 is 34.1 Å². The van der Waals surface area contributed by atoms with E-state index in [9.17, 15) is 0 Å². The summed E-state index contributed by atoms with van der Waals surface area (Å²) >= 11 is 11.9. The second-order valence-electron chi connectivity index (χ2n) is 2.61. The van der Waals surface area contributed by atoms with Gasteiger partial charge in [-0.05, 0) is 12.1 Å². The maximum absolute atomic E-state index is 5.99. The summed E-state index contributed by atoms with van der Waals surface area (Å²) in [5.74, 6) is 0. The van der Waals surface area contributed by atoms with Crippen molar-refractivity contribution in [2.24, 2.45) is 0 Å². The van der Waals surface area contributed by atoms with Crippen LogP contribution in [0.25, 0.3) is 5.03 Å². The lowest BCUT2D eigenvalue weighted by Crippen LogP contribution is -2.14. The normalized spacial score (nSPS) is 15.5. The summed E-state index contributed by atoms with van der Waals surface area (Å²) in [5, 5.41) is 0.780. The van der Waals surface area contributed by atoms with Crippen LogP contribution in [0, 0.1) is 0 Å². The second-order valence-corrected chi connectivity index (χ2v) is 3.43. The molecule has 1 aliphatic heterocycles. The minimum atomic E-state index is 0.664. The predicted octanol–water partition coefficient (Wildman–Crippen LogP) is 3.24. The van der Waals surface area contributed by atoms with Crippen molar-refractivity contribution in [3.8, 4) is 0 Å². The quantitative estimate of drug-likeness (QED) is 0.581. The molecule has 0 spiro atoms. The minimum absolute atomic E-state index is 0.664. The average molecular weight is 200 g/mol. The number of benzene rings is 1. The third kappa shape index (κ3) is 1.19. The standard InChI is InChI=1S/C9H7Cl2N/c10-8-5-6-12(11)9-4-2-1-3-7(8)9/h1-5H,6H2. The highest BCUT2D eigenvalue weighted by atomic mass is 35.5. The van der Waals surface area contributed by atoms with Crippen LogP contribution in [0.4, 0.5) is 5.69 Å². The molecule has 0 amide bonds. The van der Waals surface area contributed by atoms with Gasteiger partial charge in [-0.25, -0.2) is 0 Å². The molecule has 0 unspecified atom stereocenters. The Bertz CT molecular complexity index is 333. The zero-order valence-corrected chi connectivity index (χ0v) is 7.81. The molecule has 1 heterocycles. The van der Waals surface area contributed by atoms with Crippen LogP contribution in [0.3, 0.4) is 0 Å². The molecular formula is C9H7Cl2N. The van der Waals surface area contributed by atoms with Crippen LogP contribution in [-0.4, -0.2) is 6.54 Å². The van der Waals surface area contributed by atoms with Crippen LogP contribution in [0.1, 0.15) is 5.56 Å². The van der Waals surface area contributed by atoms with Gasteiger partial charge in [-0.3, -0.25) is 4.42 Å². The summed E-state index contributed by atoms with van der Waals surface area (Å²) in [5.41, 5.74) is 1.98. The molecule has 0 atom stereocenters. The van der Waals surface area contributed by atoms with E-state index in [1.54, 1.807) is 4.42 Å². The van der Waals surface area contributed by atoms with Gasteiger partial charge in [0, 0.05) is 22.4 Å². The molecule has 1 nitrogen and oxygen atoms in total. The lowest BCUT2D eigenvalue weighted by Gasteiger charge is -2.21. The fourth-order valence-corrected chi connectivity index (χ4v) is 1.70. The highest BCUT2D eigenvalue weighted by Crippen LogP contribution is 2.33. The largest absolute Gasteiger partial charge is 0.281 e. The Morgan fingerprint density at radius 2 is 2.00 bits per heavy atom. The maximum atomic E-state index is 5.99. The Morgan fingerprint density at radius 1 is 1.25 bits per heavy atom. The van der Waals surface area contributed by atoms with Crippen LogP contribution in [0.15, 0.2) is 30.3 Å². The van der Waals surface area contributed by atoms with Crippen molar-refractivity contribution < 1.29 is 0 Å². The van der Waals surface area contributed by atoms with E-state index in [-0.39, 0.29) is 0 Å². The maximum Gasteiger partial charge on any atom is 0.0614 e. The first-order valence-electron chi connectivity index (χ1n) is 3.67. The molecule has 0 saturated carbocycles. The molecule has 1 aliphatic rings. The number of halogens is 2. The Labute approximate surface area is 81.3 Å². The summed E-state index contributed by atoms with van der Waals surface area (Å²) in [6.45, 7) is 0.664. The number of hydrogen-bond acceptors (Lipinski definition) is 1. The highest BCUT2D eigenvalue weighted by molar-refractivity contribution is 6.50. The van der Waals surface area contributed by atoms with Crippen molar-refractivity contribution in [3.05, 3.63) is 35.9 Å². The summed E-state index contributed by atoms with van der Waals surface area (Å²) in [4.78, 5) is 0. The molecule has 0 N–H and O–H groups in total. The van der Waals surface area contributed by atoms with Crippen LogP contribution in [-0.2, 0) is 0 Å². The van der Waals surface area contributed by atoms with E-state index in [0.717, 1.165) is 16.3 Å². The highest BCUT2D eigenvalue weighted by Gasteiger charge is 2.14. The lowest BCUT2D eigenvalue weighted by atomic mass is 10.1. The van der Waals surface area contributed by atoms with E-state index >= 15 is 0 Å². The number of rotatable bonds is 0. The lowest BCUT2D eigenvalue weighted by molar-refractivity contribution is 1.17. The van der Waals surface area contributed by atoms with Crippen molar-refractivity contribution in [3.63, 3.8) is 0 Å². The van der Waals surface area contributed by atoms with Gasteiger partial charge < -0.3 is 0 Å². The van der Waals surface area contributed by atoms with Crippen LogP contribution in [0.2, 0.25) is 0 Å². The van der Waals surface area contributed by atoms with Gasteiger partial charge in [0.15, 0.2) is 0 Å². The van der Waals surface area contributed by atoms with Crippen molar-refractivity contribution in [2.45, 2.75) is 0 Å². The first-order chi connectivity index (χ1) is 5.79. The third-order valence-electron chi connectivity index (χ3n) is 1.85. The molecule has 1 aromatic rings. The van der Waals surface area contributed by atoms with Gasteiger partial charge in [0.2, 0.25) is 0 Å². The smallest absolute Gasteiger partial charge is 0.0614 e. The molecule has 1 aromatic carbocycles. The van der Waals surface area contributed by atoms with Gasteiger partial charge >= 0.3 is 0 Å². The molecular weight excluding hydrogens is 193 g/mol. The molecule has 12 heavy (non-hydrogen) atoms. The molecule has 0 aliphatic carbocycles. The van der Waals surface area contributed by atoms with Gasteiger partial charge in [0.1, 0.15) is 0 Å². The Morgan fingerprint density at radius 3 is 2.75 bits per heavy atom. The Kier molecular flexibility index (Phi) is 1.99. The molecule has 0 radical (unpaired) electrons. The number of hydrogen-bond donors (Lipinski definition) is 0. The first-order valence-corrected chi connectivity index (χ1v) is 4.39. The van der Waals surface area contributed by atoms with Crippen molar-refractivity contribution in [1.29, 1.82) is 0 Å². The van der Waals surface area contributed by atoms with E-state index in [1.807, 2.05) is 30.3 Å². The van der Waals surface area contributed by atoms with Crippen LogP contribution < -0.4 is 4.42 Å². The number of nitrogens with zero attached hydrogens (tertiary/aromatic N) is 1. The summed E-state index contributed by atoms with van der Waals surface area (Å²) < 4.78 is 1.65. The zero-order chi connectivity index (χ0) is 8.55. The van der Waals surface area contributed by atoms with Gasteiger partial charge in [0.05, 0.1) is 12.2 Å². The summed E-state index contributed by atoms with van der Waals surface area (Å²) in [6, 6.07) is 7.81. The number of fused-ring (bicyclic) bond motifs is 1. The van der Waals surface area contributed by atoms with E-state index in [1.165, 1.54) is 0 Å². The Hall–Kier alpha value is -0.660. The van der Waals surface area contributed by atoms with E-state index < -0.39 is 0 Å². The number of para-hydroxylation sites is 1. The number of anilines is 1. The molecule has 2 rings (SSSR count). The predicted molar refractivity (Wildman–Crippen MR) is 53.5 cm³/mol. The van der Waals surface area contributed by atoms with Crippen molar-refractivity contribution in [1.82, 2.24) is 0 Å². The molecule has 0 fully saturated rings. The summed E-state index contributed by atoms with van der Waals surface area (Å²) in [7, 11) is 0. The van der Waals surface area contributed by atoms with E-state index in [2.05, 4.69) is 0 Å². The SMILES string of the molecule is ClC1=CCN(Cl)c2ccccc21. The van der Waals surface area contributed by atoms with Crippen molar-refractivity contribution in [2.75, 3.05) is 11.0 Å². The zero-order valence-electron chi connectivity index (χ0n) is 6.30. The molecule has 3 heteroatoms. The van der Waals surface area contributed by atoms with E-state index in [0.29, 0.717) is 6.54 Å². The van der Waals surface area contributed by atoms with Crippen LogP contribution in [0.5, 0.6) is 0 Å². The third-order valence-corrected chi connectivity index (χ3v) is 2.53. The van der Waals surface area contributed by atoms with E-state index in [4.69, 9.17) is 23.4 Å². The summed E-state index contributed by atoms with van der Waals surface area (Å²) in [6.07, 6.45) is 1.90. The van der Waals surface area contributed by atoms with Crippen LogP contribution >= 0.6 is 23.4 Å². The molecule has 0 aromatic heterocycles. The van der Waals surface area contributed by atoms with Gasteiger partial charge in [0.25, 0.3) is 0 Å². The average Bonchev–Trinajstić information content (AvgIpc) is 2.12. The molecule has 0 saturated heterocycles. The first kappa shape index (κ1) is 7.96. The Balaban J connectivity index is 2.58.